The normalized spacial score (nSPS) is 35.9. The van der Waals surface area contributed by atoms with E-state index in [1.807, 2.05) is 0 Å². The number of hydrogen-bond acceptors (Lipinski definition) is 2. The van der Waals surface area contributed by atoms with E-state index in [1.54, 1.807) is 0 Å². The van der Waals surface area contributed by atoms with Crippen LogP contribution in [-0.4, -0.2) is 17.2 Å². The van der Waals surface area contributed by atoms with Crippen LogP contribution in [0, 0.1) is 28.6 Å². The summed E-state index contributed by atoms with van der Waals surface area (Å²) < 4.78 is 0. The molecule has 0 radical (unpaired) electrons. The molecular formula is C34H38N2. The molecule has 2 heteroatoms. The Morgan fingerprint density at radius 1 is 0.972 bits per heavy atom. The second-order valence-corrected chi connectivity index (χ2v) is 11.8. The summed E-state index contributed by atoms with van der Waals surface area (Å²) >= 11 is 0. The zero-order valence-corrected chi connectivity index (χ0v) is 22.1. The van der Waals surface area contributed by atoms with Gasteiger partial charge in [0, 0.05) is 35.1 Å². The van der Waals surface area contributed by atoms with E-state index in [0.29, 0.717) is 11.8 Å². The van der Waals surface area contributed by atoms with Crippen LogP contribution in [0.3, 0.4) is 0 Å². The van der Waals surface area contributed by atoms with Crippen LogP contribution in [0.1, 0.15) is 47.0 Å². The minimum absolute atomic E-state index is 0.186. The highest BCUT2D eigenvalue weighted by atomic mass is 15.2. The first-order valence-electron chi connectivity index (χ1n) is 13.6. The van der Waals surface area contributed by atoms with Gasteiger partial charge in [0.2, 0.25) is 0 Å². The van der Waals surface area contributed by atoms with E-state index < -0.39 is 0 Å². The van der Waals surface area contributed by atoms with E-state index in [0.717, 1.165) is 19.3 Å². The average Bonchev–Trinajstić information content (AvgIpc) is 3.11. The number of hydrogen-bond donors (Lipinski definition) is 0. The van der Waals surface area contributed by atoms with Crippen LogP contribution in [0.25, 0.3) is 0 Å². The average molecular weight is 475 g/mol. The first kappa shape index (κ1) is 23.3. The third-order valence-electron chi connectivity index (χ3n) is 9.17. The first-order chi connectivity index (χ1) is 17.4. The summed E-state index contributed by atoms with van der Waals surface area (Å²) in [5.74, 6) is 1.20. The van der Waals surface area contributed by atoms with Gasteiger partial charge in [-0.1, -0.05) is 92.3 Å². The predicted molar refractivity (Wildman–Crippen MR) is 152 cm³/mol. The Hall–Kier alpha value is -3.13. The quantitative estimate of drug-likeness (QED) is 0.394. The number of fused-ring (bicyclic) bond motifs is 3. The van der Waals surface area contributed by atoms with E-state index in [-0.39, 0.29) is 22.8 Å². The van der Waals surface area contributed by atoms with Crippen molar-refractivity contribution in [3.63, 3.8) is 0 Å². The van der Waals surface area contributed by atoms with Crippen LogP contribution >= 0.6 is 0 Å². The summed E-state index contributed by atoms with van der Waals surface area (Å²) in [6.45, 7) is 9.16. The lowest BCUT2D eigenvalue weighted by molar-refractivity contribution is 0.296. The molecule has 0 N–H and O–H groups in total. The van der Waals surface area contributed by atoms with Gasteiger partial charge < -0.3 is 4.90 Å². The number of aliphatic imine (C=N–C) groups is 1. The molecule has 184 valence electrons. The first-order valence-corrected chi connectivity index (χ1v) is 13.6. The summed E-state index contributed by atoms with van der Waals surface area (Å²) in [4.78, 5) is 7.53. The van der Waals surface area contributed by atoms with Crippen LogP contribution in [0.2, 0.25) is 0 Å². The van der Waals surface area contributed by atoms with Crippen molar-refractivity contribution in [3.8, 4) is 0 Å². The summed E-state index contributed by atoms with van der Waals surface area (Å²) in [5, 5.41) is 0. The molecule has 36 heavy (non-hydrogen) atoms. The Labute approximate surface area is 217 Å². The Bertz CT molecular complexity index is 1270. The monoisotopic (exact) mass is 474 g/mol. The highest BCUT2D eigenvalue weighted by molar-refractivity contribution is 5.65. The lowest BCUT2D eigenvalue weighted by atomic mass is 9.66. The van der Waals surface area contributed by atoms with Gasteiger partial charge in [-0.25, -0.2) is 0 Å². The lowest BCUT2D eigenvalue weighted by Crippen LogP contribution is -2.43. The second-order valence-electron chi connectivity index (χ2n) is 11.8. The van der Waals surface area contributed by atoms with Crippen LogP contribution in [0.15, 0.2) is 124 Å². The second kappa shape index (κ2) is 8.76. The van der Waals surface area contributed by atoms with Crippen molar-refractivity contribution in [1.82, 2.24) is 4.90 Å². The van der Waals surface area contributed by atoms with Gasteiger partial charge >= 0.3 is 0 Å². The van der Waals surface area contributed by atoms with Crippen molar-refractivity contribution in [2.24, 2.45) is 33.6 Å². The molecule has 0 fully saturated rings. The smallest absolute Gasteiger partial charge is 0.0775 e. The van der Waals surface area contributed by atoms with Crippen molar-refractivity contribution in [1.29, 1.82) is 0 Å². The molecule has 0 amide bonds. The molecule has 1 spiro atoms. The summed E-state index contributed by atoms with van der Waals surface area (Å²) in [7, 11) is 0. The van der Waals surface area contributed by atoms with Gasteiger partial charge in [-0.2, -0.15) is 0 Å². The van der Waals surface area contributed by atoms with Crippen molar-refractivity contribution < 1.29 is 0 Å². The van der Waals surface area contributed by atoms with Gasteiger partial charge in [0.05, 0.1) is 6.04 Å². The molecule has 0 saturated carbocycles. The molecule has 5 atom stereocenters. The van der Waals surface area contributed by atoms with Gasteiger partial charge in [0.1, 0.15) is 0 Å². The predicted octanol–water partition coefficient (Wildman–Crippen LogP) is 8.17. The van der Waals surface area contributed by atoms with E-state index in [9.17, 15) is 0 Å². The van der Waals surface area contributed by atoms with Crippen molar-refractivity contribution in [2.45, 2.75) is 53.0 Å². The Kier molecular flexibility index (Phi) is 5.67. The maximum atomic E-state index is 5.00. The molecule has 6 rings (SSSR count). The number of rotatable bonds is 2. The molecule has 6 aliphatic rings. The van der Waals surface area contributed by atoms with Crippen LogP contribution in [0.4, 0.5) is 0 Å². The molecule has 2 nitrogen and oxygen atoms in total. The standard InChI is InChI=1S/C34H38N2/c1-24-13-18-36-30(19-24)28-22-34(15-8-5-6-9-16-34)17-12-27(28)21-31(36)29-11-7-10-14-33(29,4)32-20-25(2)26(3)23-35-32/h5-14,18-23,25-26,29-30H,15-17H2,1-4H3/t25?,26?,29-,30?,33?/m1/s1. The van der Waals surface area contributed by atoms with Crippen LogP contribution in [-0.2, 0) is 0 Å². The maximum absolute atomic E-state index is 5.00. The Morgan fingerprint density at radius 2 is 1.78 bits per heavy atom. The van der Waals surface area contributed by atoms with Crippen molar-refractivity contribution in [3.05, 3.63) is 119 Å². The van der Waals surface area contributed by atoms with E-state index in [4.69, 9.17) is 4.99 Å². The fraction of sp³-hybridized carbons (Fsp3) is 0.382. The highest BCUT2D eigenvalue weighted by Gasteiger charge is 2.44. The largest absolute Gasteiger partial charge is 0.340 e. The Balaban J connectivity index is 1.44. The zero-order chi connectivity index (χ0) is 24.9. The van der Waals surface area contributed by atoms with Crippen LogP contribution < -0.4 is 0 Å². The molecule has 0 saturated heterocycles. The van der Waals surface area contributed by atoms with Gasteiger partial charge in [-0.15, -0.1) is 0 Å². The van der Waals surface area contributed by atoms with Gasteiger partial charge in [0.15, 0.2) is 0 Å². The number of allylic oxidation sites excluding steroid dienone is 14. The molecule has 0 aromatic carbocycles. The van der Waals surface area contributed by atoms with Gasteiger partial charge in [0.25, 0.3) is 0 Å². The van der Waals surface area contributed by atoms with Crippen molar-refractivity contribution in [2.75, 3.05) is 0 Å². The number of nitrogens with zero attached hydrogens (tertiary/aromatic N) is 2. The van der Waals surface area contributed by atoms with Gasteiger partial charge in [-0.05, 0) is 73.7 Å². The SMILES string of the molecule is CC1=CC2C3=CC4(CC=CC=CC4)CC=C3C=C([C@H]3C=CC=CC3(C)C3=CC(C)C(C)C=N3)N2C=C1. The van der Waals surface area contributed by atoms with E-state index >= 15 is 0 Å². The molecule has 0 bridgehead atoms. The summed E-state index contributed by atoms with van der Waals surface area (Å²) in [6, 6.07) is 0.237. The minimum Gasteiger partial charge on any atom is -0.340 e. The minimum atomic E-state index is -0.186. The zero-order valence-electron chi connectivity index (χ0n) is 22.1. The van der Waals surface area contributed by atoms with Crippen LogP contribution in [0.5, 0.6) is 0 Å². The topological polar surface area (TPSA) is 15.6 Å². The molecule has 0 aromatic rings. The molecule has 3 aliphatic heterocycles. The molecule has 0 aromatic heterocycles. The third-order valence-corrected chi connectivity index (χ3v) is 9.17. The molecular weight excluding hydrogens is 436 g/mol. The molecule has 3 aliphatic carbocycles. The fourth-order valence-electron chi connectivity index (χ4n) is 6.56. The molecule has 3 heterocycles. The maximum Gasteiger partial charge on any atom is 0.0775 e. The fourth-order valence-corrected chi connectivity index (χ4v) is 6.56. The molecule has 4 unspecified atom stereocenters. The lowest BCUT2D eigenvalue weighted by Gasteiger charge is -2.48. The summed E-state index contributed by atoms with van der Waals surface area (Å²) in [6.07, 6.45) is 40.8. The summed E-state index contributed by atoms with van der Waals surface area (Å²) in [5.41, 5.74) is 6.77. The Morgan fingerprint density at radius 3 is 2.56 bits per heavy atom. The highest BCUT2D eigenvalue weighted by Crippen LogP contribution is 2.52. The van der Waals surface area contributed by atoms with Gasteiger partial charge in [-0.3, -0.25) is 4.99 Å². The van der Waals surface area contributed by atoms with Crippen molar-refractivity contribution >= 4 is 6.21 Å². The van der Waals surface area contributed by atoms with E-state index in [1.165, 1.54) is 28.1 Å². The van der Waals surface area contributed by atoms with E-state index in [2.05, 4.69) is 130 Å². The third kappa shape index (κ3) is 3.82.